The van der Waals surface area contributed by atoms with Gasteiger partial charge in [-0.3, -0.25) is 0 Å². The van der Waals surface area contributed by atoms with Crippen LogP contribution in [0.4, 0.5) is 17.6 Å². The van der Waals surface area contributed by atoms with Gasteiger partial charge >= 0.3 is 11.8 Å². The average Bonchev–Trinajstić information content (AvgIpc) is 2.56. The fourth-order valence-corrected chi connectivity index (χ4v) is 2.78. The summed E-state index contributed by atoms with van der Waals surface area (Å²) in [5.74, 6) is -7.83. The zero-order valence-corrected chi connectivity index (χ0v) is 16.4. The second-order valence-electron chi connectivity index (χ2n) is 7.27. The van der Waals surface area contributed by atoms with Crippen molar-refractivity contribution >= 4 is 0 Å². The number of ether oxygens (including phenoxy) is 1. The fraction of sp³-hybridized carbons (Fsp3) is 1.00. The van der Waals surface area contributed by atoms with Crippen LogP contribution in [0.1, 0.15) is 96.8 Å². The Balaban J connectivity index is 3.21. The second-order valence-corrected chi connectivity index (χ2v) is 7.27. The molecule has 0 fully saturated rings. The van der Waals surface area contributed by atoms with Gasteiger partial charge in [-0.25, -0.2) is 8.78 Å². The van der Waals surface area contributed by atoms with Crippen LogP contribution < -0.4 is 0 Å². The van der Waals surface area contributed by atoms with Crippen molar-refractivity contribution in [2.24, 2.45) is 0 Å². The monoisotopic (exact) mass is 386 g/mol. The maximum absolute atomic E-state index is 13.0. The van der Waals surface area contributed by atoms with E-state index in [1.54, 1.807) is 0 Å². The Kier molecular flexibility index (Phi) is 15.5. The van der Waals surface area contributed by atoms with Gasteiger partial charge in [-0.2, -0.15) is 8.78 Å². The van der Waals surface area contributed by atoms with Gasteiger partial charge in [0.15, 0.2) is 0 Å². The predicted molar refractivity (Wildman–Crippen MR) is 98.1 cm³/mol. The van der Waals surface area contributed by atoms with Crippen molar-refractivity contribution < 1.29 is 27.4 Å². The van der Waals surface area contributed by atoms with Crippen LogP contribution in [0.3, 0.4) is 0 Å². The van der Waals surface area contributed by atoms with Crippen molar-refractivity contribution in [3.8, 4) is 0 Å². The van der Waals surface area contributed by atoms with Gasteiger partial charge in [0, 0.05) is 33.2 Å². The Hall–Kier alpha value is -0.360. The molecule has 26 heavy (non-hydrogen) atoms. The molecule has 0 radical (unpaired) electrons. The van der Waals surface area contributed by atoms with Gasteiger partial charge < -0.3 is 9.84 Å². The van der Waals surface area contributed by atoms with E-state index in [0.29, 0.717) is 19.6 Å². The Morgan fingerprint density at radius 1 is 0.615 bits per heavy atom. The third-order valence-electron chi connectivity index (χ3n) is 4.62. The van der Waals surface area contributed by atoms with Crippen molar-refractivity contribution in [3.05, 3.63) is 0 Å². The lowest BCUT2D eigenvalue weighted by atomic mass is 10.0. The number of alkyl halides is 4. The van der Waals surface area contributed by atoms with Crippen LogP contribution in [0, 0.1) is 0 Å². The topological polar surface area (TPSA) is 29.5 Å². The lowest BCUT2D eigenvalue weighted by molar-refractivity contribution is -0.201. The molecule has 0 aliphatic heterocycles. The molecular weight excluding hydrogens is 348 g/mol. The fourth-order valence-electron chi connectivity index (χ4n) is 2.78. The molecule has 0 rings (SSSR count). The third kappa shape index (κ3) is 14.8. The molecule has 0 spiro atoms. The minimum Gasteiger partial charge on any atom is -0.396 e. The largest absolute Gasteiger partial charge is 0.396 e. The van der Waals surface area contributed by atoms with E-state index in [1.165, 1.54) is 32.1 Å². The molecule has 158 valence electrons. The van der Waals surface area contributed by atoms with Crippen molar-refractivity contribution in [1.82, 2.24) is 0 Å². The molecule has 1 N–H and O–H groups in total. The maximum atomic E-state index is 13.0. The van der Waals surface area contributed by atoms with Crippen molar-refractivity contribution in [3.63, 3.8) is 0 Å². The van der Waals surface area contributed by atoms with Crippen LogP contribution >= 0.6 is 0 Å². The summed E-state index contributed by atoms with van der Waals surface area (Å²) in [7, 11) is 0. The number of hydrogen-bond donors (Lipinski definition) is 1. The normalized spacial score (nSPS) is 12.7. The molecule has 0 heterocycles. The van der Waals surface area contributed by atoms with Crippen molar-refractivity contribution in [2.45, 2.75) is 109 Å². The molecule has 0 saturated heterocycles. The summed E-state index contributed by atoms with van der Waals surface area (Å²) >= 11 is 0. The van der Waals surface area contributed by atoms with Gasteiger partial charge in [-0.05, 0) is 25.7 Å². The van der Waals surface area contributed by atoms with E-state index in [1.807, 2.05) is 0 Å². The summed E-state index contributed by atoms with van der Waals surface area (Å²) in [6, 6.07) is 0. The Morgan fingerprint density at radius 3 is 1.42 bits per heavy atom. The van der Waals surface area contributed by atoms with Gasteiger partial charge in [0.05, 0.1) is 0 Å². The minimum absolute atomic E-state index is 0.121. The van der Waals surface area contributed by atoms with Crippen LogP contribution in [0.5, 0.6) is 0 Å². The summed E-state index contributed by atoms with van der Waals surface area (Å²) in [5.41, 5.74) is 0. The van der Waals surface area contributed by atoms with Gasteiger partial charge in [-0.1, -0.05) is 57.8 Å². The van der Waals surface area contributed by atoms with E-state index < -0.39 is 18.3 Å². The average molecular weight is 387 g/mol. The molecule has 0 aliphatic carbocycles. The first-order valence-corrected chi connectivity index (χ1v) is 10.3. The van der Waals surface area contributed by atoms with E-state index in [0.717, 1.165) is 45.1 Å². The summed E-state index contributed by atoms with van der Waals surface area (Å²) < 4.78 is 56.9. The van der Waals surface area contributed by atoms with Crippen LogP contribution in [-0.2, 0) is 4.74 Å². The molecule has 0 unspecified atom stereocenters. The SMILES string of the molecule is CC(F)(F)C(F)(F)CCCCCCOCCCCCCCCCCCO. The molecule has 0 aromatic heterocycles. The first-order chi connectivity index (χ1) is 12.3. The van der Waals surface area contributed by atoms with Gasteiger partial charge in [0.2, 0.25) is 0 Å². The van der Waals surface area contributed by atoms with E-state index in [4.69, 9.17) is 9.84 Å². The lowest BCUT2D eigenvalue weighted by Gasteiger charge is -2.22. The van der Waals surface area contributed by atoms with Crippen LogP contribution in [0.2, 0.25) is 0 Å². The molecule has 6 heteroatoms. The number of rotatable bonds is 19. The summed E-state index contributed by atoms with van der Waals surface area (Å²) in [6.45, 7) is 1.93. The second kappa shape index (κ2) is 15.7. The first kappa shape index (κ1) is 25.6. The van der Waals surface area contributed by atoms with Gasteiger partial charge in [-0.15, -0.1) is 0 Å². The highest BCUT2D eigenvalue weighted by molar-refractivity contribution is 4.80. The maximum Gasteiger partial charge on any atom is 0.309 e. The molecule has 0 amide bonds. The number of hydrogen-bond acceptors (Lipinski definition) is 2. The van der Waals surface area contributed by atoms with E-state index in [9.17, 15) is 17.6 Å². The highest BCUT2D eigenvalue weighted by atomic mass is 19.3. The summed E-state index contributed by atoms with van der Waals surface area (Å²) in [4.78, 5) is 0. The lowest BCUT2D eigenvalue weighted by Crippen LogP contribution is -2.37. The summed E-state index contributed by atoms with van der Waals surface area (Å²) in [6.07, 6.45) is 11.9. The zero-order chi connectivity index (χ0) is 19.7. The molecular formula is C20H38F4O2. The highest BCUT2D eigenvalue weighted by Gasteiger charge is 2.51. The van der Waals surface area contributed by atoms with Gasteiger partial charge in [0.25, 0.3) is 0 Å². The number of halogens is 4. The number of aliphatic hydroxyl groups is 1. The van der Waals surface area contributed by atoms with Crippen LogP contribution in [-0.4, -0.2) is 36.8 Å². The predicted octanol–water partition coefficient (Wildman–Crippen LogP) is 6.75. The molecule has 0 bridgehead atoms. The van der Waals surface area contributed by atoms with E-state index in [-0.39, 0.29) is 13.3 Å². The standard InChI is InChI=1S/C20H38F4O2/c1-19(21,22)20(23,24)15-11-7-10-14-18-26-17-13-9-6-4-2-3-5-8-12-16-25/h25H,2-18H2,1H3. The molecule has 0 aromatic carbocycles. The Morgan fingerprint density at radius 2 is 1.00 bits per heavy atom. The Labute approximate surface area is 156 Å². The number of aliphatic hydroxyl groups excluding tert-OH is 1. The molecule has 2 nitrogen and oxygen atoms in total. The zero-order valence-electron chi connectivity index (χ0n) is 16.4. The van der Waals surface area contributed by atoms with Crippen molar-refractivity contribution in [2.75, 3.05) is 19.8 Å². The highest BCUT2D eigenvalue weighted by Crippen LogP contribution is 2.37. The quantitative estimate of drug-likeness (QED) is 0.197. The smallest absolute Gasteiger partial charge is 0.309 e. The van der Waals surface area contributed by atoms with E-state index in [2.05, 4.69) is 0 Å². The molecule has 0 aliphatic rings. The third-order valence-corrected chi connectivity index (χ3v) is 4.62. The van der Waals surface area contributed by atoms with Crippen LogP contribution in [0.25, 0.3) is 0 Å². The van der Waals surface area contributed by atoms with Gasteiger partial charge in [0.1, 0.15) is 0 Å². The molecule has 0 aromatic rings. The van der Waals surface area contributed by atoms with Crippen LogP contribution in [0.15, 0.2) is 0 Å². The first-order valence-electron chi connectivity index (χ1n) is 10.3. The molecule has 0 saturated carbocycles. The number of unbranched alkanes of at least 4 members (excludes halogenated alkanes) is 11. The van der Waals surface area contributed by atoms with Crippen molar-refractivity contribution in [1.29, 1.82) is 0 Å². The van der Waals surface area contributed by atoms with E-state index >= 15 is 0 Å². The summed E-state index contributed by atoms with van der Waals surface area (Å²) in [5, 5.41) is 8.67. The Bertz CT molecular complexity index is 307. The molecule has 0 atom stereocenters. The minimum atomic E-state index is -3.93.